The van der Waals surface area contributed by atoms with Crippen LogP contribution in [-0.2, 0) is 5.60 Å². The second-order valence-corrected chi connectivity index (χ2v) is 7.60. The van der Waals surface area contributed by atoms with Crippen LogP contribution in [0.1, 0.15) is 41.6 Å². The van der Waals surface area contributed by atoms with E-state index in [1.54, 1.807) is 0 Å². The molecule has 1 aliphatic heterocycles. The number of Topliss-reactive ketones (excluding diaryl/α,β-unsaturated/α-hetero) is 1. The van der Waals surface area contributed by atoms with Gasteiger partial charge in [-0.15, -0.1) is 0 Å². The first kappa shape index (κ1) is 18.3. The molecule has 0 amide bonds. The molecule has 3 rings (SSSR count). The van der Waals surface area contributed by atoms with Crippen LogP contribution >= 0.6 is 15.9 Å². The number of rotatable bonds is 6. The molecule has 2 aromatic carbocycles. The lowest BCUT2D eigenvalue weighted by atomic mass is 9.84. The van der Waals surface area contributed by atoms with E-state index in [-0.39, 0.29) is 5.78 Å². The topological polar surface area (TPSA) is 40.5 Å². The van der Waals surface area contributed by atoms with Gasteiger partial charge in [-0.3, -0.25) is 4.79 Å². The molecule has 3 nitrogen and oxygen atoms in total. The average Bonchev–Trinajstić information content (AvgIpc) is 2.64. The van der Waals surface area contributed by atoms with Crippen molar-refractivity contribution in [1.29, 1.82) is 0 Å². The third-order valence-corrected chi connectivity index (χ3v) is 5.72. The number of carbonyl (C=O) groups excluding carboxylic acids is 1. The lowest BCUT2D eigenvalue weighted by Crippen LogP contribution is -2.43. The molecule has 0 atom stereocenters. The molecule has 4 heteroatoms. The van der Waals surface area contributed by atoms with Crippen molar-refractivity contribution >= 4 is 21.7 Å². The molecule has 1 N–H and O–H groups in total. The number of halogens is 1. The molecule has 2 aromatic rings. The number of carbonyl (C=O) groups is 1. The van der Waals surface area contributed by atoms with E-state index < -0.39 is 5.60 Å². The third-order valence-electron chi connectivity index (χ3n) is 5.03. The molecule has 0 aliphatic carbocycles. The van der Waals surface area contributed by atoms with Gasteiger partial charge in [-0.25, -0.2) is 0 Å². The van der Waals surface area contributed by atoms with E-state index in [0.29, 0.717) is 6.42 Å². The molecule has 0 spiro atoms. The first-order valence-electron chi connectivity index (χ1n) is 8.86. The number of hydrogen-bond donors (Lipinski definition) is 1. The van der Waals surface area contributed by atoms with Crippen molar-refractivity contribution < 1.29 is 9.90 Å². The molecule has 0 aromatic heterocycles. The molecule has 0 radical (unpaired) electrons. The predicted octanol–water partition coefficient (Wildman–Crippen LogP) is 4.40. The molecular formula is C21H24BrNO2. The van der Waals surface area contributed by atoms with Crippen LogP contribution in [0.3, 0.4) is 0 Å². The van der Waals surface area contributed by atoms with Gasteiger partial charge < -0.3 is 10.0 Å². The number of ketones is 1. The summed E-state index contributed by atoms with van der Waals surface area (Å²) >= 11 is 3.55. The number of benzene rings is 2. The van der Waals surface area contributed by atoms with Crippen LogP contribution in [0.25, 0.3) is 0 Å². The summed E-state index contributed by atoms with van der Waals surface area (Å²) in [6, 6.07) is 17.4. The normalized spacial score (nSPS) is 17.4. The maximum Gasteiger partial charge on any atom is 0.162 e. The molecule has 1 fully saturated rings. The van der Waals surface area contributed by atoms with Gasteiger partial charge in [0.2, 0.25) is 0 Å². The van der Waals surface area contributed by atoms with Crippen LogP contribution in [0.5, 0.6) is 0 Å². The fourth-order valence-corrected chi connectivity index (χ4v) is 4.14. The van der Waals surface area contributed by atoms with E-state index in [9.17, 15) is 9.90 Å². The Balaban J connectivity index is 1.47. The lowest BCUT2D eigenvalue weighted by molar-refractivity contribution is -0.0266. The Hall–Kier alpha value is -1.49. The highest BCUT2D eigenvalue weighted by Crippen LogP contribution is 2.36. The molecule has 25 heavy (non-hydrogen) atoms. The molecule has 0 unspecified atom stereocenters. The van der Waals surface area contributed by atoms with Crippen LogP contribution in [0.4, 0.5) is 0 Å². The Morgan fingerprint density at radius 3 is 2.36 bits per heavy atom. The third kappa shape index (κ3) is 4.57. The van der Waals surface area contributed by atoms with Crippen LogP contribution in [0.2, 0.25) is 0 Å². The van der Waals surface area contributed by atoms with Crippen molar-refractivity contribution in [1.82, 2.24) is 4.90 Å². The minimum atomic E-state index is -0.754. The van der Waals surface area contributed by atoms with E-state index in [0.717, 1.165) is 54.5 Å². The molecule has 1 aliphatic rings. The smallest absolute Gasteiger partial charge is 0.162 e. The van der Waals surface area contributed by atoms with E-state index in [4.69, 9.17) is 0 Å². The van der Waals surface area contributed by atoms with E-state index in [1.807, 2.05) is 54.6 Å². The zero-order chi connectivity index (χ0) is 17.7. The Morgan fingerprint density at radius 1 is 1.04 bits per heavy atom. The fourth-order valence-electron chi connectivity index (χ4n) is 3.49. The van der Waals surface area contributed by atoms with Crippen molar-refractivity contribution in [3.8, 4) is 0 Å². The van der Waals surface area contributed by atoms with E-state index >= 15 is 0 Å². The summed E-state index contributed by atoms with van der Waals surface area (Å²) in [4.78, 5) is 14.5. The number of nitrogens with zero attached hydrogens (tertiary/aromatic N) is 1. The summed E-state index contributed by atoms with van der Waals surface area (Å²) in [5.74, 6) is 0.210. The minimum Gasteiger partial charge on any atom is -0.385 e. The lowest BCUT2D eigenvalue weighted by Gasteiger charge is -2.39. The summed E-state index contributed by atoms with van der Waals surface area (Å²) < 4.78 is 0.972. The van der Waals surface area contributed by atoms with Crippen molar-refractivity contribution in [2.24, 2.45) is 0 Å². The first-order chi connectivity index (χ1) is 12.1. The fraction of sp³-hybridized carbons (Fsp3) is 0.381. The summed E-state index contributed by atoms with van der Waals surface area (Å²) in [7, 11) is 0. The van der Waals surface area contributed by atoms with Crippen LogP contribution in [0, 0.1) is 0 Å². The molecule has 1 saturated heterocycles. The highest BCUT2D eigenvalue weighted by molar-refractivity contribution is 9.10. The zero-order valence-electron chi connectivity index (χ0n) is 14.3. The highest BCUT2D eigenvalue weighted by atomic mass is 79.9. The van der Waals surface area contributed by atoms with Gasteiger partial charge in [0.05, 0.1) is 5.60 Å². The quantitative estimate of drug-likeness (QED) is 0.729. The SMILES string of the molecule is O=C(CCCN1CCC(O)(c2ccccc2Br)CC1)c1ccccc1. The van der Waals surface area contributed by atoms with Crippen molar-refractivity contribution in [3.63, 3.8) is 0 Å². The van der Waals surface area contributed by atoms with Gasteiger partial charge in [-0.05, 0) is 37.4 Å². The van der Waals surface area contributed by atoms with Crippen LogP contribution in [0.15, 0.2) is 59.1 Å². The second-order valence-electron chi connectivity index (χ2n) is 6.75. The highest BCUT2D eigenvalue weighted by Gasteiger charge is 2.35. The summed E-state index contributed by atoms with van der Waals surface area (Å²) in [5.41, 5.74) is 1.02. The molecule has 132 valence electrons. The van der Waals surface area contributed by atoms with Crippen molar-refractivity contribution in [3.05, 3.63) is 70.2 Å². The van der Waals surface area contributed by atoms with Gasteiger partial charge in [0, 0.05) is 29.5 Å². The Kier molecular flexibility index (Phi) is 6.05. The molecule has 0 bridgehead atoms. The maximum atomic E-state index is 12.1. The predicted molar refractivity (Wildman–Crippen MR) is 104 cm³/mol. The van der Waals surface area contributed by atoms with Gasteiger partial charge >= 0.3 is 0 Å². The second kappa shape index (κ2) is 8.26. The number of hydrogen-bond acceptors (Lipinski definition) is 3. The van der Waals surface area contributed by atoms with E-state index in [1.165, 1.54) is 0 Å². The summed E-state index contributed by atoms with van der Waals surface area (Å²) in [6.45, 7) is 2.62. The largest absolute Gasteiger partial charge is 0.385 e. The van der Waals surface area contributed by atoms with E-state index in [2.05, 4.69) is 20.8 Å². The van der Waals surface area contributed by atoms with Crippen LogP contribution < -0.4 is 0 Å². The maximum absolute atomic E-state index is 12.1. The average molecular weight is 402 g/mol. The van der Waals surface area contributed by atoms with Gasteiger partial charge in [-0.1, -0.05) is 64.5 Å². The van der Waals surface area contributed by atoms with Gasteiger partial charge in [0.1, 0.15) is 0 Å². The van der Waals surface area contributed by atoms with Gasteiger partial charge in [0.15, 0.2) is 5.78 Å². The minimum absolute atomic E-state index is 0.210. The van der Waals surface area contributed by atoms with Crippen LogP contribution in [-0.4, -0.2) is 35.4 Å². The number of likely N-dealkylation sites (tertiary alicyclic amines) is 1. The van der Waals surface area contributed by atoms with Crippen molar-refractivity contribution in [2.45, 2.75) is 31.3 Å². The van der Waals surface area contributed by atoms with Crippen molar-refractivity contribution in [2.75, 3.05) is 19.6 Å². The monoisotopic (exact) mass is 401 g/mol. The molecular weight excluding hydrogens is 378 g/mol. The van der Waals surface area contributed by atoms with Gasteiger partial charge in [-0.2, -0.15) is 0 Å². The molecule has 1 heterocycles. The number of aliphatic hydroxyl groups is 1. The summed E-state index contributed by atoms with van der Waals surface area (Å²) in [6.07, 6.45) is 2.89. The van der Waals surface area contributed by atoms with Gasteiger partial charge in [0.25, 0.3) is 0 Å². The first-order valence-corrected chi connectivity index (χ1v) is 9.66. The summed E-state index contributed by atoms with van der Waals surface area (Å²) in [5, 5.41) is 11.0. The number of piperidine rings is 1. The molecule has 0 saturated carbocycles. The zero-order valence-corrected chi connectivity index (χ0v) is 15.9. The Labute approximate surface area is 157 Å². The Morgan fingerprint density at radius 2 is 1.68 bits per heavy atom. The standard InChI is InChI=1S/C21H24BrNO2/c22-19-10-5-4-9-18(19)21(25)12-15-23(16-13-21)14-6-11-20(24)17-7-2-1-3-8-17/h1-5,7-10,25H,6,11-16H2. The Bertz CT molecular complexity index is 709.